The number of nitriles is 2. The van der Waals surface area contributed by atoms with E-state index in [1.165, 1.54) is 25.7 Å². The fourth-order valence-electron chi connectivity index (χ4n) is 3.62. The van der Waals surface area contributed by atoms with Crippen molar-refractivity contribution in [2.45, 2.75) is 46.0 Å². The van der Waals surface area contributed by atoms with Crippen molar-refractivity contribution in [1.29, 1.82) is 10.5 Å². The molecule has 158 valence electrons. The standard InChI is InChI=1S/C25H30N2O2S/c1-3-7-24(30-18-19-8-5-6-9-19)23(17-27)25(20(4-2)16-26)21-10-12-22(13-11-21)29-15-14-28/h4,7,10-13,19,28H,3,5-6,8-9,14-15,18H2,1-2H3/b20-4-,24-7-,25-23+. The molecule has 1 aliphatic carbocycles. The summed E-state index contributed by atoms with van der Waals surface area (Å²) in [6.07, 6.45) is 9.81. The van der Waals surface area contributed by atoms with Gasteiger partial charge in [-0.1, -0.05) is 44.1 Å². The smallest absolute Gasteiger partial charge is 0.119 e. The summed E-state index contributed by atoms with van der Waals surface area (Å²) in [6, 6.07) is 12.0. The number of allylic oxidation sites excluding steroid dienone is 5. The van der Waals surface area contributed by atoms with Gasteiger partial charge in [-0.15, -0.1) is 11.8 Å². The van der Waals surface area contributed by atoms with E-state index in [9.17, 15) is 10.5 Å². The van der Waals surface area contributed by atoms with Crippen molar-refractivity contribution in [3.63, 3.8) is 0 Å². The van der Waals surface area contributed by atoms with Gasteiger partial charge in [0, 0.05) is 16.2 Å². The van der Waals surface area contributed by atoms with Crippen LogP contribution in [0.25, 0.3) is 5.57 Å². The van der Waals surface area contributed by atoms with Crippen LogP contribution in [0.3, 0.4) is 0 Å². The maximum atomic E-state index is 10.1. The molecule has 30 heavy (non-hydrogen) atoms. The first-order chi connectivity index (χ1) is 14.7. The van der Waals surface area contributed by atoms with Gasteiger partial charge >= 0.3 is 0 Å². The Hall–Kier alpha value is -2.47. The van der Waals surface area contributed by atoms with E-state index in [-0.39, 0.29) is 13.2 Å². The van der Waals surface area contributed by atoms with Crippen molar-refractivity contribution >= 4 is 17.3 Å². The van der Waals surface area contributed by atoms with Gasteiger partial charge in [0.05, 0.1) is 23.8 Å². The maximum absolute atomic E-state index is 10.1. The van der Waals surface area contributed by atoms with Crippen LogP contribution in [0.2, 0.25) is 0 Å². The van der Waals surface area contributed by atoms with Gasteiger partial charge in [0.2, 0.25) is 0 Å². The van der Waals surface area contributed by atoms with Crippen LogP contribution in [0.4, 0.5) is 0 Å². The minimum Gasteiger partial charge on any atom is -0.491 e. The number of hydrogen-bond acceptors (Lipinski definition) is 5. The summed E-state index contributed by atoms with van der Waals surface area (Å²) >= 11 is 1.74. The average molecular weight is 423 g/mol. The van der Waals surface area contributed by atoms with E-state index in [4.69, 9.17) is 9.84 Å². The Bertz CT molecular complexity index is 864. The lowest BCUT2D eigenvalue weighted by molar-refractivity contribution is 0.201. The molecule has 0 atom stereocenters. The number of hydrogen-bond donors (Lipinski definition) is 1. The summed E-state index contributed by atoms with van der Waals surface area (Å²) in [5.74, 6) is 2.36. The van der Waals surface area contributed by atoms with Gasteiger partial charge in [0.15, 0.2) is 0 Å². The van der Waals surface area contributed by atoms with Gasteiger partial charge in [-0.05, 0) is 49.8 Å². The first kappa shape index (κ1) is 23.8. The third kappa shape index (κ3) is 6.52. The molecule has 4 nitrogen and oxygen atoms in total. The molecular weight excluding hydrogens is 392 g/mol. The zero-order valence-electron chi connectivity index (χ0n) is 17.9. The Morgan fingerprint density at radius 2 is 1.90 bits per heavy atom. The molecule has 0 aromatic heterocycles. The summed E-state index contributed by atoms with van der Waals surface area (Å²) in [7, 11) is 0. The number of ether oxygens (including phenoxy) is 1. The van der Waals surface area contributed by atoms with Crippen LogP contribution in [0.15, 0.2) is 52.5 Å². The van der Waals surface area contributed by atoms with Crippen LogP contribution in [0.1, 0.15) is 51.5 Å². The van der Waals surface area contributed by atoms with Crippen LogP contribution in [-0.2, 0) is 0 Å². The molecule has 1 aliphatic rings. The molecule has 0 aliphatic heterocycles. The van der Waals surface area contributed by atoms with Crippen LogP contribution >= 0.6 is 11.8 Å². The lowest BCUT2D eigenvalue weighted by Crippen LogP contribution is -2.02. The van der Waals surface area contributed by atoms with Gasteiger partial charge in [0.25, 0.3) is 0 Å². The molecule has 1 N–H and O–H groups in total. The second-order valence-electron chi connectivity index (χ2n) is 7.21. The number of aliphatic hydroxyl groups is 1. The van der Waals surface area contributed by atoms with Crippen LogP contribution in [0, 0.1) is 28.6 Å². The highest BCUT2D eigenvalue weighted by atomic mass is 32.2. The highest BCUT2D eigenvalue weighted by Gasteiger charge is 2.20. The highest BCUT2D eigenvalue weighted by molar-refractivity contribution is 8.03. The maximum Gasteiger partial charge on any atom is 0.119 e. The SMILES string of the molecule is C\C=C(C#N)/C(=C(C#N)\C(=C\CC)SCC1CCCC1)c1ccc(OCCO)cc1. The van der Waals surface area contributed by atoms with Crippen molar-refractivity contribution in [3.05, 3.63) is 58.0 Å². The third-order valence-corrected chi connectivity index (χ3v) is 6.45. The summed E-state index contributed by atoms with van der Waals surface area (Å²) in [6.45, 7) is 4.07. The lowest BCUT2D eigenvalue weighted by Gasteiger charge is -2.15. The summed E-state index contributed by atoms with van der Waals surface area (Å²) in [4.78, 5) is 0.956. The molecule has 0 unspecified atom stereocenters. The molecule has 1 aromatic rings. The molecular formula is C25H30N2O2S. The Labute approximate surface area is 184 Å². The fraction of sp³-hybridized carbons (Fsp3) is 0.440. The van der Waals surface area contributed by atoms with E-state index >= 15 is 0 Å². The van der Waals surface area contributed by atoms with Crippen LogP contribution in [0.5, 0.6) is 5.75 Å². The Morgan fingerprint density at radius 3 is 2.43 bits per heavy atom. The number of rotatable bonds is 10. The molecule has 1 aromatic carbocycles. The molecule has 5 heteroatoms. The molecule has 1 fully saturated rings. The molecule has 0 amide bonds. The molecule has 0 bridgehead atoms. The fourth-order valence-corrected chi connectivity index (χ4v) is 4.94. The van der Waals surface area contributed by atoms with Crippen molar-refractivity contribution in [1.82, 2.24) is 0 Å². The minimum absolute atomic E-state index is 0.0496. The molecule has 1 saturated carbocycles. The van der Waals surface area contributed by atoms with E-state index < -0.39 is 0 Å². The Kier molecular flexibility index (Phi) is 10.3. The quantitative estimate of drug-likeness (QED) is 0.368. The zero-order valence-corrected chi connectivity index (χ0v) is 18.7. The van der Waals surface area contributed by atoms with E-state index in [1.54, 1.807) is 30.0 Å². The zero-order chi connectivity index (χ0) is 21.8. The predicted octanol–water partition coefficient (Wildman–Crippen LogP) is 6.02. The second kappa shape index (κ2) is 13.0. The van der Waals surface area contributed by atoms with Crippen molar-refractivity contribution in [3.8, 4) is 17.9 Å². The highest BCUT2D eigenvalue weighted by Crippen LogP contribution is 2.38. The van der Waals surface area contributed by atoms with Crippen molar-refractivity contribution in [2.24, 2.45) is 5.92 Å². The normalized spacial score (nSPS) is 16.0. The van der Waals surface area contributed by atoms with E-state index in [2.05, 4.69) is 25.1 Å². The summed E-state index contributed by atoms with van der Waals surface area (Å²) in [5, 5.41) is 28.8. The molecule has 0 spiro atoms. The van der Waals surface area contributed by atoms with Gasteiger partial charge in [-0.25, -0.2) is 0 Å². The minimum atomic E-state index is -0.0496. The van der Waals surface area contributed by atoms with Crippen molar-refractivity contribution in [2.75, 3.05) is 19.0 Å². The number of benzene rings is 1. The lowest BCUT2D eigenvalue weighted by atomic mass is 9.93. The monoisotopic (exact) mass is 422 g/mol. The Morgan fingerprint density at radius 1 is 1.20 bits per heavy atom. The van der Waals surface area contributed by atoms with Gasteiger partial charge in [-0.2, -0.15) is 10.5 Å². The number of nitrogens with zero attached hydrogens (tertiary/aromatic N) is 2. The molecule has 0 saturated heterocycles. The first-order valence-corrected chi connectivity index (χ1v) is 11.6. The van der Waals surface area contributed by atoms with E-state index in [0.717, 1.165) is 22.6 Å². The molecule has 0 radical (unpaired) electrons. The number of aliphatic hydroxyl groups excluding tert-OH is 1. The molecule has 0 heterocycles. The predicted molar refractivity (Wildman–Crippen MR) is 124 cm³/mol. The number of thioether (sulfide) groups is 1. The van der Waals surface area contributed by atoms with E-state index in [1.807, 2.05) is 19.1 Å². The van der Waals surface area contributed by atoms with E-state index in [0.29, 0.717) is 28.4 Å². The van der Waals surface area contributed by atoms with Gasteiger partial charge in [0.1, 0.15) is 18.4 Å². The summed E-state index contributed by atoms with van der Waals surface area (Å²) in [5.41, 5.74) is 2.51. The van der Waals surface area contributed by atoms with Crippen LogP contribution < -0.4 is 4.74 Å². The Balaban J connectivity index is 2.46. The van der Waals surface area contributed by atoms with Gasteiger partial charge in [-0.3, -0.25) is 0 Å². The first-order valence-electron chi connectivity index (χ1n) is 10.6. The average Bonchev–Trinajstić information content (AvgIpc) is 3.30. The topological polar surface area (TPSA) is 77.0 Å². The van der Waals surface area contributed by atoms with Crippen LogP contribution in [-0.4, -0.2) is 24.1 Å². The third-order valence-electron chi connectivity index (χ3n) is 5.13. The second-order valence-corrected chi connectivity index (χ2v) is 8.27. The van der Waals surface area contributed by atoms with Crippen molar-refractivity contribution < 1.29 is 9.84 Å². The summed E-state index contributed by atoms with van der Waals surface area (Å²) < 4.78 is 5.45. The largest absolute Gasteiger partial charge is 0.491 e. The molecule has 2 rings (SSSR count). The van der Waals surface area contributed by atoms with Gasteiger partial charge < -0.3 is 9.84 Å².